The maximum Gasteiger partial charge on any atom is 0.327 e. The van der Waals surface area contributed by atoms with Crippen molar-refractivity contribution in [1.29, 1.82) is 0 Å². The van der Waals surface area contributed by atoms with Crippen LogP contribution in [0.25, 0.3) is 17.0 Å². The zero-order valence-electron chi connectivity index (χ0n) is 20.5. The van der Waals surface area contributed by atoms with Crippen molar-refractivity contribution in [1.82, 2.24) is 14.7 Å². The summed E-state index contributed by atoms with van der Waals surface area (Å²) in [7, 11) is 0. The van der Waals surface area contributed by atoms with Crippen molar-refractivity contribution in [2.45, 2.75) is 65.3 Å². The van der Waals surface area contributed by atoms with Gasteiger partial charge in [-0.15, -0.1) is 0 Å². The number of amides is 2. The summed E-state index contributed by atoms with van der Waals surface area (Å²) in [6.07, 6.45) is 8.93. The van der Waals surface area contributed by atoms with E-state index in [4.69, 9.17) is 0 Å². The van der Waals surface area contributed by atoms with Crippen LogP contribution in [0, 0.1) is 13.8 Å². The molecule has 0 unspecified atom stereocenters. The topological polar surface area (TPSA) is 79.1 Å². The van der Waals surface area contributed by atoms with Gasteiger partial charge in [-0.1, -0.05) is 44.4 Å². The molecule has 2 aromatic heterocycles. The summed E-state index contributed by atoms with van der Waals surface area (Å²) in [5, 5.41) is 3.20. The number of nitrogens with zero attached hydrogens (tertiary/aromatic N) is 3. The third-order valence-corrected chi connectivity index (χ3v) is 7.01. The number of hydrogen-bond donors (Lipinski definition) is 1. The summed E-state index contributed by atoms with van der Waals surface area (Å²) in [6, 6.07) is 11.2. The molecule has 0 bridgehead atoms. The first-order valence-electron chi connectivity index (χ1n) is 12.4. The van der Waals surface area contributed by atoms with Gasteiger partial charge in [0.25, 0.3) is 17.2 Å². The molecular weight excluding hydrogens is 440 g/mol. The zero-order valence-corrected chi connectivity index (χ0v) is 20.5. The van der Waals surface area contributed by atoms with E-state index in [2.05, 4.69) is 5.10 Å². The van der Waals surface area contributed by atoms with Gasteiger partial charge in [-0.3, -0.25) is 24.4 Å². The Bertz CT molecular complexity index is 1370. The Hall–Kier alpha value is -3.74. The van der Waals surface area contributed by atoms with Gasteiger partial charge in [-0.2, -0.15) is 4.57 Å². The monoisotopic (exact) mass is 471 g/mol. The van der Waals surface area contributed by atoms with Crippen LogP contribution in [0.15, 0.2) is 53.6 Å². The third-order valence-electron chi connectivity index (χ3n) is 7.01. The molecule has 0 saturated heterocycles. The van der Waals surface area contributed by atoms with Crippen molar-refractivity contribution in [3.63, 3.8) is 0 Å². The molecule has 3 aromatic rings. The fourth-order valence-electron chi connectivity index (χ4n) is 5.46. The molecule has 180 valence electrons. The lowest BCUT2D eigenvalue weighted by Crippen LogP contribution is -2.45. The first-order valence-corrected chi connectivity index (χ1v) is 12.4. The second-order valence-electron chi connectivity index (χ2n) is 9.59. The Morgan fingerprint density at radius 2 is 1.60 bits per heavy atom. The fraction of sp³-hybridized carbons (Fsp3) is 0.357. The predicted octanol–water partition coefficient (Wildman–Crippen LogP) is 3.70. The normalized spacial score (nSPS) is 17.1. The molecule has 3 heterocycles. The first-order chi connectivity index (χ1) is 16.9. The number of aromatic amines is 1. The summed E-state index contributed by atoms with van der Waals surface area (Å²) >= 11 is 0. The van der Waals surface area contributed by atoms with E-state index in [1.54, 1.807) is 4.57 Å². The number of nitrogens with one attached hydrogen (secondary N) is 1. The van der Waals surface area contributed by atoms with Crippen molar-refractivity contribution >= 4 is 23.1 Å². The van der Waals surface area contributed by atoms with Crippen LogP contribution in [-0.2, 0) is 16.0 Å². The molecule has 7 heteroatoms. The maximum atomic E-state index is 14.0. The number of aromatic nitrogens is 3. The lowest BCUT2D eigenvalue weighted by Gasteiger charge is -2.29. The molecule has 5 rings (SSSR count). The highest BCUT2D eigenvalue weighted by atomic mass is 16.2. The minimum absolute atomic E-state index is 0.136. The molecule has 1 N–H and O–H groups in total. The molecule has 0 spiro atoms. The minimum Gasteiger partial charge on any atom is -0.294 e. The molecule has 1 aliphatic carbocycles. The number of carbonyl (C=O) groups is 2. The molecule has 35 heavy (non-hydrogen) atoms. The van der Waals surface area contributed by atoms with Gasteiger partial charge in [-0.25, -0.2) is 4.68 Å². The molecule has 0 atom stereocenters. The predicted molar refractivity (Wildman–Crippen MR) is 134 cm³/mol. The van der Waals surface area contributed by atoms with E-state index in [0.29, 0.717) is 17.8 Å². The highest BCUT2D eigenvalue weighted by molar-refractivity contribution is 6.44. The largest absolute Gasteiger partial charge is 0.327 e. The van der Waals surface area contributed by atoms with Crippen LogP contribution in [0.3, 0.4) is 0 Å². The number of imide groups is 1. The van der Waals surface area contributed by atoms with Gasteiger partial charge in [0.2, 0.25) is 0 Å². The van der Waals surface area contributed by atoms with Crippen molar-refractivity contribution < 1.29 is 14.2 Å². The van der Waals surface area contributed by atoms with E-state index in [1.165, 1.54) is 9.58 Å². The van der Waals surface area contributed by atoms with Gasteiger partial charge >= 0.3 is 5.91 Å². The summed E-state index contributed by atoms with van der Waals surface area (Å²) in [4.78, 5) is 43.1. The molecule has 1 aromatic carbocycles. The maximum absolute atomic E-state index is 14.0. The second-order valence-corrected chi connectivity index (χ2v) is 9.59. The number of hydrogen-bond acceptors (Lipinski definition) is 3. The smallest absolute Gasteiger partial charge is 0.294 e. The first kappa shape index (κ1) is 23.0. The van der Waals surface area contributed by atoms with Gasteiger partial charge in [-0.05, 0) is 51.3 Å². The number of aryl methyl sites for hydroxylation is 3. The molecule has 7 nitrogen and oxygen atoms in total. The SMILES string of the molecule is CCc1[nH]n(-c2ccccc2)c(=O)c1C1=C([n+]2cc(C)cc(C)c2)C(=O)N(C2CCCCC2)C1=O. The molecule has 0 radical (unpaired) electrons. The number of para-hydroxylation sites is 1. The van der Waals surface area contributed by atoms with Gasteiger partial charge < -0.3 is 0 Å². The van der Waals surface area contributed by atoms with Crippen molar-refractivity contribution in [2.24, 2.45) is 0 Å². The third kappa shape index (κ3) is 3.95. The summed E-state index contributed by atoms with van der Waals surface area (Å²) < 4.78 is 3.20. The number of benzene rings is 1. The minimum atomic E-state index is -0.366. The van der Waals surface area contributed by atoms with Crippen LogP contribution in [0.5, 0.6) is 0 Å². The van der Waals surface area contributed by atoms with E-state index < -0.39 is 0 Å². The number of carbonyl (C=O) groups excluding carboxylic acids is 2. The van der Waals surface area contributed by atoms with Crippen LogP contribution >= 0.6 is 0 Å². The number of rotatable bonds is 5. The lowest BCUT2D eigenvalue weighted by molar-refractivity contribution is -0.577. The van der Waals surface area contributed by atoms with Crippen LogP contribution in [-0.4, -0.2) is 32.5 Å². The lowest BCUT2D eigenvalue weighted by atomic mass is 9.94. The Morgan fingerprint density at radius 1 is 0.943 bits per heavy atom. The zero-order chi connectivity index (χ0) is 24.7. The van der Waals surface area contributed by atoms with Crippen LogP contribution in [0.2, 0.25) is 0 Å². The molecule has 1 saturated carbocycles. The quantitative estimate of drug-likeness (QED) is 0.455. The average Bonchev–Trinajstić information content (AvgIpc) is 3.31. The van der Waals surface area contributed by atoms with E-state index >= 15 is 0 Å². The molecule has 2 amide bonds. The van der Waals surface area contributed by atoms with Crippen molar-refractivity contribution in [3.8, 4) is 5.69 Å². The van der Waals surface area contributed by atoms with E-state index in [9.17, 15) is 14.4 Å². The Balaban J connectivity index is 1.76. The van der Waals surface area contributed by atoms with Crippen LogP contribution in [0.1, 0.15) is 61.4 Å². The van der Waals surface area contributed by atoms with Crippen LogP contribution in [0.4, 0.5) is 0 Å². The van der Waals surface area contributed by atoms with Gasteiger partial charge in [0.15, 0.2) is 12.4 Å². The highest BCUT2D eigenvalue weighted by Crippen LogP contribution is 2.35. The average molecular weight is 472 g/mol. The Kier molecular flexibility index (Phi) is 6.01. The Labute approximate surface area is 204 Å². The van der Waals surface area contributed by atoms with E-state index in [0.717, 1.165) is 43.2 Å². The molecular formula is C28H31N4O3+. The van der Waals surface area contributed by atoms with Gasteiger partial charge in [0.1, 0.15) is 5.57 Å². The fourth-order valence-corrected chi connectivity index (χ4v) is 5.46. The standard InChI is InChI=1S/C28H30N4O3/c1-4-22-23(27(34)32(29-22)21-13-9-6-10-14-21)24-25(30-16-18(2)15-19(3)17-30)28(35)31(26(24)33)20-11-7-5-8-12-20/h6,9-10,13-17,20H,4-5,7-8,11-12H2,1-3H3/p+1. The van der Waals surface area contributed by atoms with Gasteiger partial charge in [0, 0.05) is 22.9 Å². The second kappa shape index (κ2) is 9.13. The summed E-state index contributed by atoms with van der Waals surface area (Å²) in [5.41, 5.74) is 3.69. The molecule has 1 aliphatic heterocycles. The van der Waals surface area contributed by atoms with Crippen molar-refractivity contribution in [3.05, 3.63) is 81.5 Å². The van der Waals surface area contributed by atoms with Gasteiger partial charge in [0.05, 0.1) is 11.3 Å². The summed E-state index contributed by atoms with van der Waals surface area (Å²) in [5.74, 6) is -0.685. The highest BCUT2D eigenvalue weighted by Gasteiger charge is 2.50. The van der Waals surface area contributed by atoms with Crippen LogP contribution < -0.4 is 10.1 Å². The van der Waals surface area contributed by atoms with E-state index in [1.807, 2.05) is 69.6 Å². The summed E-state index contributed by atoms with van der Waals surface area (Å²) in [6.45, 7) is 5.86. The molecule has 2 aliphatic rings. The molecule has 1 fully saturated rings. The van der Waals surface area contributed by atoms with E-state index in [-0.39, 0.29) is 40.2 Å². The number of H-pyrrole nitrogens is 1. The number of pyridine rings is 1. The Morgan fingerprint density at radius 3 is 2.23 bits per heavy atom. The van der Waals surface area contributed by atoms with Crippen molar-refractivity contribution in [2.75, 3.05) is 0 Å².